The number of nitrogens with one attached hydrogen (secondary N) is 1. The van der Waals surface area contributed by atoms with Crippen LogP contribution in [0.1, 0.15) is 44.6 Å². The van der Waals surface area contributed by atoms with Gasteiger partial charge in [-0.05, 0) is 49.3 Å². The number of rotatable bonds is 5. The Bertz CT molecular complexity index is 453. The summed E-state index contributed by atoms with van der Waals surface area (Å²) < 4.78 is 0. The molecule has 1 aliphatic rings. The van der Waals surface area contributed by atoms with Crippen LogP contribution >= 0.6 is 24.0 Å². The number of nitrogens with zero attached hydrogens (tertiary/aromatic N) is 1. The van der Waals surface area contributed by atoms with Crippen molar-refractivity contribution in [3.8, 4) is 0 Å². The van der Waals surface area contributed by atoms with Crippen LogP contribution in [0.25, 0.3) is 0 Å². The number of hydrogen-bond donors (Lipinski definition) is 2. The van der Waals surface area contributed by atoms with E-state index in [0.717, 1.165) is 12.2 Å². The van der Waals surface area contributed by atoms with Crippen molar-refractivity contribution in [1.82, 2.24) is 0 Å². The third-order valence-corrected chi connectivity index (χ3v) is 4.07. The summed E-state index contributed by atoms with van der Waals surface area (Å²) in [6, 6.07) is 8.19. The molecule has 0 heterocycles. The Morgan fingerprint density at radius 2 is 2.15 bits per heavy atom. The molecule has 1 saturated carbocycles. The average molecular weight is 387 g/mol. The highest BCUT2D eigenvalue weighted by atomic mass is 127. The summed E-state index contributed by atoms with van der Waals surface area (Å²) >= 11 is 0. The van der Waals surface area contributed by atoms with Gasteiger partial charge in [0.1, 0.15) is 0 Å². The summed E-state index contributed by atoms with van der Waals surface area (Å²) in [5.74, 6) is 0.535. The van der Waals surface area contributed by atoms with Crippen molar-refractivity contribution in [3.63, 3.8) is 0 Å². The molecule has 1 aromatic carbocycles. The molecule has 0 saturated heterocycles. The third-order valence-electron chi connectivity index (χ3n) is 4.07. The van der Waals surface area contributed by atoms with Crippen LogP contribution in [0.5, 0.6) is 0 Å². The SMILES string of the molecule is CCCC1(CN=C(N)Nc2cccc(C)c2)CCC1.I. The molecule has 0 amide bonds. The van der Waals surface area contributed by atoms with E-state index in [4.69, 9.17) is 5.73 Å². The lowest BCUT2D eigenvalue weighted by molar-refractivity contribution is 0.130. The molecule has 1 aromatic rings. The van der Waals surface area contributed by atoms with E-state index in [0.29, 0.717) is 11.4 Å². The fourth-order valence-corrected chi connectivity index (χ4v) is 2.86. The van der Waals surface area contributed by atoms with Crippen LogP contribution in [0.3, 0.4) is 0 Å². The highest BCUT2D eigenvalue weighted by Crippen LogP contribution is 2.44. The first-order chi connectivity index (χ1) is 9.13. The molecule has 1 aliphatic carbocycles. The Hall–Kier alpha value is -0.780. The topological polar surface area (TPSA) is 50.4 Å². The van der Waals surface area contributed by atoms with Crippen LogP contribution in [0, 0.1) is 12.3 Å². The molecule has 3 N–H and O–H groups in total. The predicted molar refractivity (Wildman–Crippen MR) is 97.9 cm³/mol. The first-order valence-electron chi connectivity index (χ1n) is 7.27. The van der Waals surface area contributed by atoms with Crippen molar-refractivity contribution < 1.29 is 0 Å². The molecule has 1 fully saturated rings. The minimum atomic E-state index is 0. The Balaban J connectivity index is 0.00000200. The predicted octanol–water partition coefficient (Wildman–Crippen LogP) is 4.31. The maximum absolute atomic E-state index is 5.98. The number of aliphatic imine (C=N–C) groups is 1. The molecule has 4 heteroatoms. The first-order valence-corrected chi connectivity index (χ1v) is 7.27. The maximum atomic E-state index is 5.98. The second-order valence-electron chi connectivity index (χ2n) is 5.80. The summed E-state index contributed by atoms with van der Waals surface area (Å²) in [4.78, 5) is 4.55. The zero-order valence-electron chi connectivity index (χ0n) is 12.5. The van der Waals surface area contributed by atoms with Gasteiger partial charge in [0.25, 0.3) is 0 Å². The minimum Gasteiger partial charge on any atom is -0.370 e. The normalized spacial score (nSPS) is 17.0. The van der Waals surface area contributed by atoms with Gasteiger partial charge in [-0.15, -0.1) is 24.0 Å². The maximum Gasteiger partial charge on any atom is 0.193 e. The second-order valence-corrected chi connectivity index (χ2v) is 5.80. The lowest BCUT2D eigenvalue weighted by Crippen LogP contribution is -2.34. The molecule has 3 nitrogen and oxygen atoms in total. The molecular weight excluding hydrogens is 361 g/mol. The van der Waals surface area contributed by atoms with Gasteiger partial charge in [0, 0.05) is 12.2 Å². The van der Waals surface area contributed by atoms with E-state index in [1.54, 1.807) is 0 Å². The highest BCUT2D eigenvalue weighted by molar-refractivity contribution is 14.0. The van der Waals surface area contributed by atoms with Crippen LogP contribution in [0.15, 0.2) is 29.3 Å². The van der Waals surface area contributed by atoms with E-state index < -0.39 is 0 Å². The fourth-order valence-electron chi connectivity index (χ4n) is 2.86. The van der Waals surface area contributed by atoms with E-state index in [1.165, 1.54) is 37.7 Å². The van der Waals surface area contributed by atoms with Gasteiger partial charge in [-0.3, -0.25) is 4.99 Å². The standard InChI is InChI=1S/C16H25N3.HI/c1-3-8-16(9-5-10-16)12-18-15(17)19-14-7-4-6-13(2)11-14;/h4,6-7,11H,3,5,8-10,12H2,1-2H3,(H3,17,18,19);1H. The van der Waals surface area contributed by atoms with Gasteiger partial charge < -0.3 is 11.1 Å². The minimum absolute atomic E-state index is 0. The van der Waals surface area contributed by atoms with Crippen molar-refractivity contribution in [3.05, 3.63) is 29.8 Å². The molecule has 0 aromatic heterocycles. The first kappa shape index (κ1) is 17.3. The van der Waals surface area contributed by atoms with Crippen molar-refractivity contribution in [2.24, 2.45) is 16.1 Å². The van der Waals surface area contributed by atoms with Crippen molar-refractivity contribution in [2.45, 2.75) is 46.0 Å². The summed E-state index contributed by atoms with van der Waals surface area (Å²) in [5.41, 5.74) is 8.65. The molecule has 2 rings (SSSR count). The second kappa shape index (κ2) is 7.86. The van der Waals surface area contributed by atoms with Gasteiger partial charge in [-0.25, -0.2) is 0 Å². The molecule has 20 heavy (non-hydrogen) atoms. The lowest BCUT2D eigenvalue weighted by Gasteiger charge is -2.40. The molecule has 0 unspecified atom stereocenters. The van der Waals surface area contributed by atoms with E-state index in [-0.39, 0.29) is 24.0 Å². The van der Waals surface area contributed by atoms with Crippen LogP contribution < -0.4 is 11.1 Å². The van der Waals surface area contributed by atoms with Gasteiger partial charge in [0.15, 0.2) is 5.96 Å². The number of hydrogen-bond acceptors (Lipinski definition) is 1. The fraction of sp³-hybridized carbons (Fsp3) is 0.562. The van der Waals surface area contributed by atoms with Gasteiger partial charge in [-0.1, -0.05) is 31.9 Å². The number of anilines is 1. The van der Waals surface area contributed by atoms with Gasteiger partial charge in [0.05, 0.1) is 0 Å². The van der Waals surface area contributed by atoms with Crippen LogP contribution in [-0.4, -0.2) is 12.5 Å². The number of benzene rings is 1. The quantitative estimate of drug-likeness (QED) is 0.449. The molecule has 0 aliphatic heterocycles. The lowest BCUT2D eigenvalue weighted by atomic mass is 9.66. The van der Waals surface area contributed by atoms with Gasteiger partial charge in [0.2, 0.25) is 0 Å². The summed E-state index contributed by atoms with van der Waals surface area (Å²) in [6.07, 6.45) is 6.47. The smallest absolute Gasteiger partial charge is 0.193 e. The molecule has 0 bridgehead atoms. The molecule has 0 atom stereocenters. The van der Waals surface area contributed by atoms with Crippen molar-refractivity contribution in [1.29, 1.82) is 0 Å². The Morgan fingerprint density at radius 1 is 1.40 bits per heavy atom. The number of nitrogens with two attached hydrogens (primary N) is 1. The zero-order chi connectivity index (χ0) is 13.7. The average Bonchev–Trinajstić information content (AvgIpc) is 2.32. The van der Waals surface area contributed by atoms with E-state index in [1.807, 2.05) is 12.1 Å². The summed E-state index contributed by atoms with van der Waals surface area (Å²) in [7, 11) is 0. The summed E-state index contributed by atoms with van der Waals surface area (Å²) in [5, 5.41) is 3.17. The number of aryl methyl sites for hydroxylation is 1. The number of guanidine groups is 1. The largest absolute Gasteiger partial charge is 0.370 e. The van der Waals surface area contributed by atoms with Crippen LogP contribution in [-0.2, 0) is 0 Å². The Labute approximate surface area is 139 Å². The van der Waals surface area contributed by atoms with E-state index in [2.05, 4.69) is 36.3 Å². The van der Waals surface area contributed by atoms with E-state index in [9.17, 15) is 0 Å². The summed E-state index contributed by atoms with van der Waals surface area (Å²) in [6.45, 7) is 5.19. The number of halogens is 1. The van der Waals surface area contributed by atoms with E-state index >= 15 is 0 Å². The monoisotopic (exact) mass is 387 g/mol. The van der Waals surface area contributed by atoms with Gasteiger partial charge in [-0.2, -0.15) is 0 Å². The zero-order valence-corrected chi connectivity index (χ0v) is 14.8. The Morgan fingerprint density at radius 3 is 2.70 bits per heavy atom. The molecule has 112 valence electrons. The van der Waals surface area contributed by atoms with Crippen molar-refractivity contribution in [2.75, 3.05) is 11.9 Å². The van der Waals surface area contributed by atoms with Gasteiger partial charge >= 0.3 is 0 Å². The van der Waals surface area contributed by atoms with Crippen LogP contribution in [0.4, 0.5) is 5.69 Å². The highest BCUT2D eigenvalue weighted by Gasteiger charge is 2.35. The Kier molecular flexibility index (Phi) is 6.79. The third kappa shape index (κ3) is 4.65. The molecular formula is C16H26IN3. The van der Waals surface area contributed by atoms with Crippen molar-refractivity contribution >= 4 is 35.6 Å². The molecule has 0 spiro atoms. The van der Waals surface area contributed by atoms with Crippen LogP contribution in [0.2, 0.25) is 0 Å². The molecule has 0 radical (unpaired) electrons.